The number of carbonyl (C=O) groups excluding carboxylic acids is 1. The molecule has 1 aromatic rings. The Balaban J connectivity index is 2.45. The third-order valence-corrected chi connectivity index (χ3v) is 4.80. The summed E-state index contributed by atoms with van der Waals surface area (Å²) in [6, 6.07) is 6.22. The van der Waals surface area contributed by atoms with Crippen molar-refractivity contribution in [1.82, 2.24) is 5.32 Å². The van der Waals surface area contributed by atoms with Gasteiger partial charge in [0.2, 0.25) is 5.91 Å². The summed E-state index contributed by atoms with van der Waals surface area (Å²) < 4.78 is -0.729. The Morgan fingerprint density at radius 3 is 2.62 bits per heavy atom. The largest absolute Gasteiger partial charge is 0.480 e. The molecule has 0 bridgehead atoms. The van der Waals surface area contributed by atoms with E-state index in [9.17, 15) is 9.59 Å². The lowest BCUT2D eigenvalue weighted by molar-refractivity contribution is -0.139. The van der Waals surface area contributed by atoms with E-state index in [1.165, 1.54) is 11.8 Å². The first-order valence-electron chi connectivity index (χ1n) is 6.36. The maximum absolute atomic E-state index is 11.8. The molecule has 7 heteroatoms. The van der Waals surface area contributed by atoms with E-state index >= 15 is 0 Å². The smallest absolute Gasteiger partial charge is 0.321 e. The average molecular weight is 331 g/mol. The minimum absolute atomic E-state index is 0.137. The molecule has 0 saturated heterocycles. The van der Waals surface area contributed by atoms with E-state index in [2.05, 4.69) is 5.32 Å². The molecule has 0 unspecified atom stereocenters. The van der Waals surface area contributed by atoms with Gasteiger partial charge in [-0.2, -0.15) is 0 Å². The van der Waals surface area contributed by atoms with Gasteiger partial charge in [0, 0.05) is 16.3 Å². The molecule has 0 aliphatic rings. The van der Waals surface area contributed by atoms with Crippen LogP contribution in [0.1, 0.15) is 19.4 Å². The van der Waals surface area contributed by atoms with Crippen molar-refractivity contribution in [3.8, 4) is 0 Å². The number of hydrogen-bond donors (Lipinski definition) is 3. The molecule has 0 radical (unpaired) electrons. The summed E-state index contributed by atoms with van der Waals surface area (Å²) in [5.41, 5.74) is 6.43. The normalized spacial score (nSPS) is 12.8. The molecule has 21 heavy (non-hydrogen) atoms. The van der Waals surface area contributed by atoms with Crippen LogP contribution in [-0.2, 0) is 16.1 Å². The van der Waals surface area contributed by atoms with Crippen LogP contribution in [0.4, 0.5) is 0 Å². The highest BCUT2D eigenvalue weighted by molar-refractivity contribution is 8.01. The maximum Gasteiger partial charge on any atom is 0.321 e. The Hall–Kier alpha value is -1.24. The standard InChI is InChI=1S/C14H19ClN2O3S/c1-14(2,12(16)13(19)20)21-8-11(18)17-7-9-5-3-4-6-10(9)15/h3-6,12H,7-8,16H2,1-2H3,(H,17,18)(H,19,20)/t12-/m0/s1. The van der Waals surface area contributed by atoms with Crippen LogP contribution in [-0.4, -0.2) is 33.5 Å². The second-order valence-electron chi connectivity index (χ2n) is 5.08. The number of nitrogens with two attached hydrogens (primary N) is 1. The SMILES string of the molecule is CC(C)(SCC(=O)NCc1ccccc1Cl)[C@@H](N)C(=O)O. The second-order valence-corrected chi connectivity index (χ2v) is 7.11. The van der Waals surface area contributed by atoms with Gasteiger partial charge in [0.1, 0.15) is 6.04 Å². The number of halogens is 1. The van der Waals surface area contributed by atoms with Gasteiger partial charge >= 0.3 is 5.97 Å². The molecule has 1 aromatic carbocycles. The monoisotopic (exact) mass is 330 g/mol. The molecule has 116 valence electrons. The lowest BCUT2D eigenvalue weighted by Gasteiger charge is -2.27. The third kappa shape index (κ3) is 5.57. The summed E-state index contributed by atoms with van der Waals surface area (Å²) in [5, 5.41) is 12.3. The highest BCUT2D eigenvalue weighted by Crippen LogP contribution is 2.27. The van der Waals surface area contributed by atoms with Crippen molar-refractivity contribution in [3.05, 3.63) is 34.9 Å². The van der Waals surface area contributed by atoms with Crippen molar-refractivity contribution in [3.63, 3.8) is 0 Å². The summed E-state index contributed by atoms with van der Waals surface area (Å²) in [6.07, 6.45) is 0. The molecule has 1 amide bonds. The fraction of sp³-hybridized carbons (Fsp3) is 0.429. The van der Waals surface area contributed by atoms with Crippen molar-refractivity contribution in [2.75, 3.05) is 5.75 Å². The van der Waals surface area contributed by atoms with E-state index in [0.717, 1.165) is 5.56 Å². The Morgan fingerprint density at radius 1 is 1.43 bits per heavy atom. The van der Waals surface area contributed by atoms with E-state index in [1.807, 2.05) is 18.2 Å². The van der Waals surface area contributed by atoms with Gasteiger partial charge in [-0.3, -0.25) is 9.59 Å². The van der Waals surface area contributed by atoms with Gasteiger partial charge in [-0.1, -0.05) is 29.8 Å². The molecule has 5 nitrogen and oxygen atoms in total. The highest BCUT2D eigenvalue weighted by atomic mass is 35.5. The number of rotatable bonds is 7. The zero-order valence-electron chi connectivity index (χ0n) is 11.9. The Kier molecular flexibility index (Phi) is 6.51. The van der Waals surface area contributed by atoms with Gasteiger partial charge < -0.3 is 16.2 Å². The second kappa shape index (κ2) is 7.68. The summed E-state index contributed by atoms with van der Waals surface area (Å²) >= 11 is 7.21. The molecule has 1 atom stereocenters. The van der Waals surface area contributed by atoms with E-state index in [1.54, 1.807) is 19.9 Å². The van der Waals surface area contributed by atoms with Gasteiger partial charge in [-0.25, -0.2) is 0 Å². The number of aliphatic carboxylic acids is 1. The van der Waals surface area contributed by atoms with Gasteiger partial charge in [0.05, 0.1) is 5.75 Å². The van der Waals surface area contributed by atoms with Crippen LogP contribution in [0.2, 0.25) is 5.02 Å². The van der Waals surface area contributed by atoms with E-state index in [0.29, 0.717) is 11.6 Å². The quantitative estimate of drug-likeness (QED) is 0.710. The van der Waals surface area contributed by atoms with Gasteiger partial charge in [0.15, 0.2) is 0 Å². The molecule has 0 aliphatic carbocycles. The van der Waals surface area contributed by atoms with Crippen LogP contribution in [0.25, 0.3) is 0 Å². The Morgan fingerprint density at radius 2 is 2.05 bits per heavy atom. The summed E-state index contributed by atoms with van der Waals surface area (Å²) in [7, 11) is 0. The predicted molar refractivity (Wildman–Crippen MR) is 85.4 cm³/mol. The summed E-state index contributed by atoms with van der Waals surface area (Å²) in [5.74, 6) is -1.13. The molecular weight excluding hydrogens is 312 g/mol. The van der Waals surface area contributed by atoms with Crippen molar-refractivity contribution in [2.24, 2.45) is 5.73 Å². The number of carboxylic acid groups (broad SMARTS) is 1. The molecule has 0 saturated carbocycles. The van der Waals surface area contributed by atoms with E-state index < -0.39 is 16.8 Å². The molecule has 0 aromatic heterocycles. The van der Waals surface area contributed by atoms with Gasteiger partial charge in [-0.15, -0.1) is 11.8 Å². The van der Waals surface area contributed by atoms with E-state index in [-0.39, 0.29) is 11.7 Å². The minimum Gasteiger partial charge on any atom is -0.480 e. The third-order valence-electron chi connectivity index (χ3n) is 3.02. The molecule has 4 N–H and O–H groups in total. The van der Waals surface area contributed by atoms with Crippen molar-refractivity contribution < 1.29 is 14.7 Å². The molecule has 0 aliphatic heterocycles. The first-order valence-corrected chi connectivity index (χ1v) is 7.73. The van der Waals surface area contributed by atoms with Gasteiger partial charge in [-0.05, 0) is 25.5 Å². The van der Waals surface area contributed by atoms with Crippen LogP contribution in [0.3, 0.4) is 0 Å². The topological polar surface area (TPSA) is 92.4 Å². The zero-order chi connectivity index (χ0) is 16.0. The number of carbonyl (C=O) groups is 2. The molecule has 0 heterocycles. The molecule has 1 rings (SSSR count). The average Bonchev–Trinajstić information content (AvgIpc) is 2.43. The fourth-order valence-electron chi connectivity index (χ4n) is 1.53. The van der Waals surface area contributed by atoms with Crippen molar-refractivity contribution in [2.45, 2.75) is 31.2 Å². The van der Waals surface area contributed by atoms with Crippen molar-refractivity contribution >= 4 is 35.2 Å². The lowest BCUT2D eigenvalue weighted by atomic mass is 10.1. The van der Waals surface area contributed by atoms with Crippen LogP contribution in [0.15, 0.2) is 24.3 Å². The Labute approximate surface area is 133 Å². The number of carboxylic acids is 1. The van der Waals surface area contributed by atoms with Crippen LogP contribution < -0.4 is 11.1 Å². The fourth-order valence-corrected chi connectivity index (χ4v) is 2.61. The van der Waals surface area contributed by atoms with Crippen LogP contribution >= 0.6 is 23.4 Å². The molecular formula is C14H19ClN2O3S. The van der Waals surface area contributed by atoms with E-state index in [4.69, 9.17) is 22.4 Å². The number of benzene rings is 1. The Bertz CT molecular complexity index is 523. The van der Waals surface area contributed by atoms with Crippen LogP contribution in [0, 0.1) is 0 Å². The maximum atomic E-state index is 11.8. The molecule has 0 spiro atoms. The number of thioether (sulfide) groups is 1. The summed E-state index contributed by atoms with van der Waals surface area (Å²) in [6.45, 7) is 3.75. The zero-order valence-corrected chi connectivity index (χ0v) is 13.5. The first kappa shape index (κ1) is 17.8. The number of amides is 1. The van der Waals surface area contributed by atoms with Crippen LogP contribution in [0.5, 0.6) is 0 Å². The number of hydrogen-bond acceptors (Lipinski definition) is 4. The first-order chi connectivity index (χ1) is 9.74. The lowest BCUT2D eigenvalue weighted by Crippen LogP contribution is -2.47. The van der Waals surface area contributed by atoms with Crippen molar-refractivity contribution in [1.29, 1.82) is 0 Å². The highest BCUT2D eigenvalue weighted by Gasteiger charge is 2.33. The number of nitrogens with one attached hydrogen (secondary N) is 1. The predicted octanol–water partition coefficient (Wildman–Crippen LogP) is 1.88. The molecule has 0 fully saturated rings. The summed E-state index contributed by atoms with van der Waals surface area (Å²) in [4.78, 5) is 22.7. The van der Waals surface area contributed by atoms with Gasteiger partial charge in [0.25, 0.3) is 0 Å². The minimum atomic E-state index is -1.08.